The van der Waals surface area contributed by atoms with E-state index in [9.17, 15) is 0 Å². The highest BCUT2D eigenvalue weighted by atomic mass is 127. The number of halogens is 1. The van der Waals surface area contributed by atoms with Gasteiger partial charge in [0.15, 0.2) is 5.96 Å². The molecule has 98 valence electrons. The molecule has 17 heavy (non-hydrogen) atoms. The summed E-state index contributed by atoms with van der Waals surface area (Å²) in [7, 11) is 0. The van der Waals surface area contributed by atoms with Crippen LogP contribution in [-0.2, 0) is 0 Å². The molecule has 1 unspecified atom stereocenters. The van der Waals surface area contributed by atoms with Gasteiger partial charge in [0.05, 0.1) is 0 Å². The second-order valence-corrected chi connectivity index (χ2v) is 4.90. The van der Waals surface area contributed by atoms with E-state index in [4.69, 9.17) is 5.73 Å². The third-order valence-electron chi connectivity index (χ3n) is 3.57. The average molecular weight is 349 g/mol. The van der Waals surface area contributed by atoms with Gasteiger partial charge in [0.25, 0.3) is 0 Å². The lowest BCUT2D eigenvalue weighted by Crippen LogP contribution is -2.41. The Morgan fingerprint density at radius 1 is 1.24 bits per heavy atom. The van der Waals surface area contributed by atoms with Gasteiger partial charge in [-0.1, -0.05) is 12.2 Å². The highest BCUT2D eigenvalue weighted by Crippen LogP contribution is 2.18. The minimum absolute atomic E-state index is 0. The van der Waals surface area contributed by atoms with E-state index in [2.05, 4.69) is 22.0 Å². The van der Waals surface area contributed by atoms with Gasteiger partial charge in [-0.25, -0.2) is 0 Å². The Kier molecular flexibility index (Phi) is 6.92. The SMILES string of the molecule is I.NC(=NCC1CC=CCC1)N1CCCCC1. The summed E-state index contributed by atoms with van der Waals surface area (Å²) in [6.45, 7) is 3.10. The van der Waals surface area contributed by atoms with Gasteiger partial charge in [-0.15, -0.1) is 24.0 Å². The number of rotatable bonds is 2. The molecule has 0 amide bonds. The topological polar surface area (TPSA) is 41.6 Å². The van der Waals surface area contributed by atoms with Crippen molar-refractivity contribution in [3.63, 3.8) is 0 Å². The second-order valence-electron chi connectivity index (χ2n) is 4.90. The molecule has 2 N–H and O–H groups in total. The van der Waals surface area contributed by atoms with Gasteiger partial charge in [0.2, 0.25) is 0 Å². The first-order valence-corrected chi connectivity index (χ1v) is 6.56. The van der Waals surface area contributed by atoms with Crippen molar-refractivity contribution >= 4 is 29.9 Å². The van der Waals surface area contributed by atoms with Crippen molar-refractivity contribution in [2.75, 3.05) is 19.6 Å². The minimum Gasteiger partial charge on any atom is -0.370 e. The molecule has 4 heteroatoms. The lowest BCUT2D eigenvalue weighted by molar-refractivity contribution is 0.336. The van der Waals surface area contributed by atoms with E-state index in [0.29, 0.717) is 5.92 Å². The smallest absolute Gasteiger partial charge is 0.191 e. The third kappa shape index (κ3) is 4.85. The van der Waals surface area contributed by atoms with Crippen LogP contribution in [0.4, 0.5) is 0 Å². The molecular weight excluding hydrogens is 325 g/mol. The van der Waals surface area contributed by atoms with Crippen molar-refractivity contribution in [2.24, 2.45) is 16.6 Å². The fourth-order valence-electron chi connectivity index (χ4n) is 2.47. The number of guanidine groups is 1. The fraction of sp³-hybridized carbons (Fsp3) is 0.769. The summed E-state index contributed by atoms with van der Waals surface area (Å²) in [5, 5.41) is 0. The molecule has 0 spiro atoms. The highest BCUT2D eigenvalue weighted by Gasteiger charge is 2.13. The van der Waals surface area contributed by atoms with Crippen LogP contribution in [-0.4, -0.2) is 30.5 Å². The number of piperidine rings is 1. The number of aliphatic imine (C=N–C) groups is 1. The van der Waals surface area contributed by atoms with Crippen LogP contribution in [0.25, 0.3) is 0 Å². The van der Waals surface area contributed by atoms with Crippen molar-refractivity contribution in [1.29, 1.82) is 0 Å². The van der Waals surface area contributed by atoms with Crippen LogP contribution in [0.3, 0.4) is 0 Å². The Hall–Kier alpha value is -0.260. The quantitative estimate of drug-likeness (QED) is 0.361. The van der Waals surface area contributed by atoms with Gasteiger partial charge >= 0.3 is 0 Å². The average Bonchev–Trinajstić information content (AvgIpc) is 2.38. The fourth-order valence-corrected chi connectivity index (χ4v) is 2.47. The molecule has 2 rings (SSSR count). The summed E-state index contributed by atoms with van der Waals surface area (Å²) in [4.78, 5) is 6.80. The molecule has 1 aliphatic heterocycles. The zero-order chi connectivity index (χ0) is 11.2. The predicted molar refractivity (Wildman–Crippen MR) is 83.8 cm³/mol. The van der Waals surface area contributed by atoms with Gasteiger partial charge in [-0.3, -0.25) is 4.99 Å². The molecule has 1 fully saturated rings. The van der Waals surface area contributed by atoms with Crippen LogP contribution < -0.4 is 5.73 Å². The van der Waals surface area contributed by atoms with Gasteiger partial charge in [0, 0.05) is 19.6 Å². The van der Waals surface area contributed by atoms with Crippen molar-refractivity contribution in [1.82, 2.24) is 4.90 Å². The Labute approximate surface area is 122 Å². The Bertz CT molecular complexity index is 270. The van der Waals surface area contributed by atoms with Crippen LogP contribution in [0.15, 0.2) is 17.1 Å². The van der Waals surface area contributed by atoms with Crippen molar-refractivity contribution in [3.05, 3.63) is 12.2 Å². The Morgan fingerprint density at radius 3 is 2.65 bits per heavy atom. The van der Waals surface area contributed by atoms with Crippen LogP contribution in [0.1, 0.15) is 38.5 Å². The molecular formula is C13H24IN3. The number of hydrogen-bond donors (Lipinski definition) is 1. The van der Waals surface area contributed by atoms with E-state index in [1.54, 1.807) is 0 Å². The molecule has 1 atom stereocenters. The zero-order valence-corrected chi connectivity index (χ0v) is 12.8. The first-order valence-electron chi connectivity index (χ1n) is 6.56. The van der Waals surface area contributed by atoms with Crippen molar-refractivity contribution < 1.29 is 0 Å². The van der Waals surface area contributed by atoms with E-state index in [1.165, 1.54) is 38.5 Å². The normalized spacial score (nSPS) is 25.5. The van der Waals surface area contributed by atoms with E-state index in [0.717, 1.165) is 25.6 Å². The number of likely N-dealkylation sites (tertiary alicyclic amines) is 1. The molecule has 1 heterocycles. The highest BCUT2D eigenvalue weighted by molar-refractivity contribution is 14.0. The molecule has 1 saturated heterocycles. The standard InChI is InChI=1S/C13H23N3.HI/c14-13(16-9-5-2-6-10-16)15-11-12-7-3-1-4-8-12;/h1,3,12H,2,4-11H2,(H2,14,15);1H. The minimum atomic E-state index is 0. The summed E-state index contributed by atoms with van der Waals surface area (Å²) < 4.78 is 0. The molecule has 2 aliphatic rings. The van der Waals surface area contributed by atoms with Gasteiger partial charge < -0.3 is 10.6 Å². The van der Waals surface area contributed by atoms with Gasteiger partial charge in [-0.2, -0.15) is 0 Å². The number of nitrogens with two attached hydrogens (primary N) is 1. The maximum atomic E-state index is 6.02. The molecule has 3 nitrogen and oxygen atoms in total. The Balaban J connectivity index is 0.00000144. The lowest BCUT2D eigenvalue weighted by Gasteiger charge is -2.28. The van der Waals surface area contributed by atoms with E-state index < -0.39 is 0 Å². The first kappa shape index (κ1) is 14.8. The van der Waals surface area contributed by atoms with Crippen LogP contribution >= 0.6 is 24.0 Å². The zero-order valence-electron chi connectivity index (χ0n) is 10.5. The van der Waals surface area contributed by atoms with Crippen LogP contribution in [0.2, 0.25) is 0 Å². The largest absolute Gasteiger partial charge is 0.370 e. The first-order chi connectivity index (χ1) is 7.86. The summed E-state index contributed by atoms with van der Waals surface area (Å²) >= 11 is 0. The summed E-state index contributed by atoms with van der Waals surface area (Å²) in [5.74, 6) is 1.49. The van der Waals surface area contributed by atoms with E-state index in [1.807, 2.05) is 0 Å². The number of allylic oxidation sites excluding steroid dienone is 2. The maximum Gasteiger partial charge on any atom is 0.191 e. The molecule has 1 aliphatic carbocycles. The van der Waals surface area contributed by atoms with E-state index in [-0.39, 0.29) is 24.0 Å². The molecule has 0 saturated carbocycles. The van der Waals surface area contributed by atoms with Gasteiger partial charge in [0.1, 0.15) is 0 Å². The molecule has 0 aromatic rings. The van der Waals surface area contributed by atoms with Gasteiger partial charge in [-0.05, 0) is 44.4 Å². The molecule has 0 bridgehead atoms. The van der Waals surface area contributed by atoms with Crippen LogP contribution in [0.5, 0.6) is 0 Å². The van der Waals surface area contributed by atoms with Crippen molar-refractivity contribution in [3.8, 4) is 0 Å². The van der Waals surface area contributed by atoms with E-state index >= 15 is 0 Å². The monoisotopic (exact) mass is 349 g/mol. The molecule has 0 aromatic heterocycles. The summed E-state index contributed by atoms with van der Waals surface area (Å²) in [5.41, 5.74) is 6.02. The second kappa shape index (κ2) is 7.95. The summed E-state index contributed by atoms with van der Waals surface area (Å²) in [6.07, 6.45) is 12.1. The third-order valence-corrected chi connectivity index (χ3v) is 3.57. The Morgan fingerprint density at radius 2 is 2.00 bits per heavy atom. The van der Waals surface area contributed by atoms with Crippen molar-refractivity contribution in [2.45, 2.75) is 38.5 Å². The lowest BCUT2D eigenvalue weighted by atomic mass is 9.95. The molecule has 0 aromatic carbocycles. The molecule has 0 radical (unpaired) electrons. The maximum absolute atomic E-state index is 6.02. The number of hydrogen-bond acceptors (Lipinski definition) is 1. The summed E-state index contributed by atoms with van der Waals surface area (Å²) in [6, 6.07) is 0. The predicted octanol–water partition coefficient (Wildman–Crippen LogP) is 2.76. The number of nitrogens with zero attached hydrogens (tertiary/aromatic N) is 2. The van der Waals surface area contributed by atoms with Crippen LogP contribution in [0, 0.1) is 5.92 Å².